The Bertz CT molecular complexity index is 628. The van der Waals surface area contributed by atoms with Crippen LogP contribution in [0.5, 0.6) is 0 Å². The van der Waals surface area contributed by atoms with E-state index in [1.807, 2.05) is 6.07 Å². The lowest BCUT2D eigenvalue weighted by molar-refractivity contribution is -0.137. The molecule has 0 aromatic heterocycles. The van der Waals surface area contributed by atoms with Crippen molar-refractivity contribution >= 4 is 29.3 Å². The molecule has 3 rings (SSSR count). The summed E-state index contributed by atoms with van der Waals surface area (Å²) in [6, 6.07) is 8.86. The first-order valence-corrected chi connectivity index (χ1v) is 5.92. The smallest absolute Gasteiger partial charge is 0.268 e. The Morgan fingerprint density at radius 1 is 0.667 bits per heavy atom. The summed E-state index contributed by atoms with van der Waals surface area (Å²) in [6.45, 7) is 0. The second-order valence-corrected chi connectivity index (χ2v) is 4.06. The number of rotatable bonds is 1. The molecule has 21 heavy (non-hydrogen) atoms. The number of hydrogen-bond acceptors (Lipinski definition) is 5. The van der Waals surface area contributed by atoms with Crippen molar-refractivity contribution in [2.24, 2.45) is 5.84 Å². The number of nitrogens with two attached hydrogens (primary N) is 1. The number of imide groups is 2. The van der Waals surface area contributed by atoms with Gasteiger partial charge >= 0.3 is 0 Å². The van der Waals surface area contributed by atoms with E-state index in [0.29, 0.717) is 10.7 Å². The van der Waals surface area contributed by atoms with Crippen LogP contribution in [0.15, 0.2) is 54.6 Å². The second-order valence-electron chi connectivity index (χ2n) is 4.06. The lowest BCUT2D eigenvalue weighted by Crippen LogP contribution is -2.36. The predicted molar refractivity (Wildman–Crippen MR) is 73.3 cm³/mol. The van der Waals surface area contributed by atoms with Crippen molar-refractivity contribution in [1.29, 1.82) is 0 Å². The number of carbonyl (C=O) groups excluding carboxylic acids is 4. The minimum absolute atomic E-state index is 0.281. The standard InChI is InChI=1S/C10H7NO2.C4H4N2O2/c12-9-6-7-10(13)11(9)8-4-2-1-3-5-8;5-6-3(7)1-2-4(6)8/h1-7H;1-2H,5H2. The Morgan fingerprint density at radius 3 is 1.48 bits per heavy atom. The molecule has 106 valence electrons. The SMILES string of the molecule is NN1C(=O)C=CC1=O.O=C1C=CC(=O)N1c1ccccc1. The van der Waals surface area contributed by atoms with Gasteiger partial charge in [0.1, 0.15) is 0 Å². The van der Waals surface area contributed by atoms with E-state index in [4.69, 9.17) is 5.84 Å². The number of carbonyl (C=O) groups is 4. The van der Waals surface area contributed by atoms with Crippen LogP contribution >= 0.6 is 0 Å². The molecule has 4 amide bonds. The zero-order chi connectivity index (χ0) is 15.4. The maximum absolute atomic E-state index is 11.2. The molecule has 0 aliphatic carbocycles. The van der Waals surface area contributed by atoms with Crippen LogP contribution in [-0.2, 0) is 19.2 Å². The van der Waals surface area contributed by atoms with E-state index >= 15 is 0 Å². The average molecular weight is 285 g/mol. The van der Waals surface area contributed by atoms with Crippen molar-refractivity contribution in [2.45, 2.75) is 0 Å². The maximum Gasteiger partial charge on any atom is 0.268 e. The largest absolute Gasteiger partial charge is 0.269 e. The monoisotopic (exact) mass is 285 g/mol. The van der Waals surface area contributed by atoms with Crippen molar-refractivity contribution in [1.82, 2.24) is 5.01 Å². The van der Waals surface area contributed by atoms with Crippen LogP contribution in [0.3, 0.4) is 0 Å². The summed E-state index contributed by atoms with van der Waals surface area (Å²) in [6.07, 6.45) is 4.80. The number of para-hydroxylation sites is 1. The topological polar surface area (TPSA) is 101 Å². The summed E-state index contributed by atoms with van der Waals surface area (Å²) in [5.41, 5.74) is 0.613. The fourth-order valence-corrected chi connectivity index (χ4v) is 1.64. The van der Waals surface area contributed by atoms with Crippen molar-refractivity contribution in [3.8, 4) is 0 Å². The normalized spacial score (nSPS) is 16.6. The quantitative estimate of drug-likeness (QED) is 0.441. The van der Waals surface area contributed by atoms with Gasteiger partial charge in [0, 0.05) is 24.3 Å². The molecule has 0 unspecified atom stereocenters. The predicted octanol–water partition coefficient (Wildman–Crippen LogP) is -0.0989. The molecular formula is C14H11N3O4. The summed E-state index contributed by atoms with van der Waals surface area (Å²) < 4.78 is 0. The van der Waals surface area contributed by atoms with E-state index in [9.17, 15) is 19.2 Å². The summed E-state index contributed by atoms with van der Waals surface area (Å²) >= 11 is 0. The third-order valence-corrected chi connectivity index (χ3v) is 2.67. The number of anilines is 1. The van der Waals surface area contributed by atoms with Crippen LogP contribution < -0.4 is 10.7 Å². The minimum atomic E-state index is -0.463. The van der Waals surface area contributed by atoms with Crippen LogP contribution in [0.25, 0.3) is 0 Å². The Labute approximate surface area is 119 Å². The Morgan fingerprint density at radius 2 is 1.10 bits per heavy atom. The first-order chi connectivity index (χ1) is 10.0. The van der Waals surface area contributed by atoms with Crippen LogP contribution in [0.2, 0.25) is 0 Å². The van der Waals surface area contributed by atoms with Crippen molar-refractivity contribution in [3.05, 3.63) is 54.6 Å². The summed E-state index contributed by atoms with van der Waals surface area (Å²) in [4.78, 5) is 44.1. The summed E-state index contributed by atoms with van der Waals surface area (Å²) in [5.74, 6) is 3.41. The van der Waals surface area contributed by atoms with Crippen LogP contribution in [0.1, 0.15) is 0 Å². The molecular weight excluding hydrogens is 274 g/mol. The van der Waals surface area contributed by atoms with Gasteiger partial charge in [-0.05, 0) is 12.1 Å². The molecule has 2 heterocycles. The lowest BCUT2D eigenvalue weighted by atomic mass is 10.3. The molecule has 2 N–H and O–H groups in total. The molecule has 0 saturated heterocycles. The van der Waals surface area contributed by atoms with Gasteiger partial charge in [-0.3, -0.25) is 19.2 Å². The second kappa shape index (κ2) is 5.93. The van der Waals surface area contributed by atoms with Gasteiger partial charge in [-0.15, -0.1) is 0 Å². The van der Waals surface area contributed by atoms with E-state index in [1.165, 1.54) is 12.2 Å². The molecule has 7 nitrogen and oxygen atoms in total. The molecule has 7 heteroatoms. The van der Waals surface area contributed by atoms with Crippen molar-refractivity contribution < 1.29 is 19.2 Å². The molecule has 0 atom stereocenters. The van der Waals surface area contributed by atoms with Gasteiger partial charge in [-0.1, -0.05) is 18.2 Å². The first kappa shape index (κ1) is 14.4. The van der Waals surface area contributed by atoms with Gasteiger partial charge in [0.05, 0.1) is 5.69 Å². The van der Waals surface area contributed by atoms with Gasteiger partial charge in [0.15, 0.2) is 0 Å². The van der Waals surface area contributed by atoms with E-state index in [1.54, 1.807) is 24.3 Å². The van der Waals surface area contributed by atoms with Crippen molar-refractivity contribution in [2.75, 3.05) is 4.90 Å². The van der Waals surface area contributed by atoms with Gasteiger partial charge in [-0.25, -0.2) is 15.8 Å². The average Bonchev–Trinajstić information content (AvgIpc) is 2.97. The van der Waals surface area contributed by atoms with E-state index in [2.05, 4.69) is 0 Å². The van der Waals surface area contributed by atoms with Gasteiger partial charge in [-0.2, -0.15) is 0 Å². The molecule has 1 aromatic rings. The Kier molecular flexibility index (Phi) is 4.05. The summed E-state index contributed by atoms with van der Waals surface area (Å²) in [7, 11) is 0. The molecule has 0 saturated carbocycles. The Balaban J connectivity index is 0.000000173. The van der Waals surface area contributed by atoms with Gasteiger partial charge in [0.25, 0.3) is 23.6 Å². The zero-order valence-electron chi connectivity index (χ0n) is 10.8. The third kappa shape index (κ3) is 3.10. The van der Waals surface area contributed by atoms with Gasteiger partial charge < -0.3 is 0 Å². The highest BCUT2D eigenvalue weighted by Crippen LogP contribution is 2.17. The number of nitrogens with zero attached hydrogens (tertiary/aromatic N) is 2. The zero-order valence-corrected chi connectivity index (χ0v) is 10.8. The summed E-state index contributed by atoms with van der Waals surface area (Å²) in [5, 5.41) is 0.556. The molecule has 0 radical (unpaired) electrons. The lowest BCUT2D eigenvalue weighted by Gasteiger charge is -2.12. The molecule has 0 fully saturated rings. The highest BCUT2D eigenvalue weighted by Gasteiger charge is 2.24. The van der Waals surface area contributed by atoms with Crippen LogP contribution in [0, 0.1) is 0 Å². The maximum atomic E-state index is 11.2. The van der Waals surface area contributed by atoms with Gasteiger partial charge in [0.2, 0.25) is 0 Å². The van der Waals surface area contributed by atoms with Crippen LogP contribution in [0.4, 0.5) is 5.69 Å². The molecule has 1 aromatic carbocycles. The Hall–Kier alpha value is -3.06. The van der Waals surface area contributed by atoms with E-state index in [0.717, 1.165) is 17.1 Å². The number of hydrazine groups is 1. The fraction of sp³-hybridized carbons (Fsp3) is 0. The first-order valence-electron chi connectivity index (χ1n) is 5.92. The molecule has 2 aliphatic heterocycles. The number of benzene rings is 1. The minimum Gasteiger partial charge on any atom is -0.269 e. The van der Waals surface area contributed by atoms with E-state index < -0.39 is 11.8 Å². The van der Waals surface area contributed by atoms with Crippen molar-refractivity contribution in [3.63, 3.8) is 0 Å². The molecule has 0 bridgehead atoms. The molecule has 0 spiro atoms. The van der Waals surface area contributed by atoms with E-state index in [-0.39, 0.29) is 11.8 Å². The number of hydrogen-bond donors (Lipinski definition) is 1. The third-order valence-electron chi connectivity index (χ3n) is 2.67. The highest BCUT2D eigenvalue weighted by atomic mass is 16.2. The van der Waals surface area contributed by atoms with Crippen LogP contribution in [-0.4, -0.2) is 28.6 Å². The number of amides is 4. The highest BCUT2D eigenvalue weighted by molar-refractivity contribution is 6.28. The molecule has 2 aliphatic rings. The fourth-order valence-electron chi connectivity index (χ4n) is 1.64.